The van der Waals surface area contributed by atoms with Gasteiger partial charge >= 0.3 is 0 Å². The number of carbonyl (C=O) groups excluding carboxylic acids is 1. The third-order valence-electron chi connectivity index (χ3n) is 0.862. The molecule has 3 heteroatoms. The molecule has 0 aliphatic carbocycles. The van der Waals surface area contributed by atoms with E-state index >= 15 is 0 Å². The Morgan fingerprint density at radius 3 is 1.25 bits per heavy atom. The first kappa shape index (κ1) is 17.2. The molecule has 0 saturated carbocycles. The van der Waals surface area contributed by atoms with Gasteiger partial charge in [0.15, 0.2) is 5.78 Å². The molecule has 0 atom stereocenters. The first-order chi connectivity index (χ1) is 4.52. The number of rotatable bonds is 2. The van der Waals surface area contributed by atoms with Crippen LogP contribution in [0.25, 0.3) is 0 Å². The third kappa shape index (κ3) is 11.8. The Morgan fingerprint density at radius 2 is 1.08 bits per heavy atom. The van der Waals surface area contributed by atoms with Gasteiger partial charge in [0.2, 0.25) is 0 Å². The lowest BCUT2D eigenvalue weighted by atomic mass is 10.2. The highest BCUT2D eigenvalue weighted by atomic mass is 16.1. The number of allylic oxidation sites excluding steroid dienone is 4. The van der Waals surface area contributed by atoms with E-state index in [0.29, 0.717) is 0 Å². The molecule has 0 rings (SSSR count). The van der Waals surface area contributed by atoms with Crippen LogP contribution in [0.5, 0.6) is 0 Å². The van der Waals surface area contributed by atoms with Crippen molar-refractivity contribution in [3.8, 4) is 0 Å². The molecule has 0 aromatic heterocycles. The van der Waals surface area contributed by atoms with E-state index < -0.39 is 0 Å². The topological polar surface area (TPSA) is 87.1 Å². The highest BCUT2D eigenvalue weighted by Crippen LogP contribution is 1.94. The summed E-state index contributed by atoms with van der Waals surface area (Å²) in [6.45, 7) is 7.65. The Balaban J connectivity index is -0.000000405. The molecule has 0 aliphatic rings. The van der Waals surface area contributed by atoms with Crippen LogP contribution in [0.2, 0.25) is 0 Å². The Hall–Kier alpha value is -0.930. The maximum Gasteiger partial charge on any atom is 0.178 e. The zero-order valence-electron chi connectivity index (χ0n) is 8.48. The minimum atomic E-state index is 0. The number of hydrogen-bond donors (Lipinski definition) is 2. The van der Waals surface area contributed by atoms with Crippen LogP contribution in [0, 0.1) is 0 Å². The van der Waals surface area contributed by atoms with Crippen LogP contribution in [-0.4, -0.2) is 5.78 Å². The smallest absolute Gasteiger partial charge is 0.178 e. The molecule has 0 spiro atoms. The molecule has 0 amide bonds. The van der Waals surface area contributed by atoms with Crippen LogP contribution >= 0.6 is 0 Å². The predicted octanol–water partition coefficient (Wildman–Crippen LogP) is 2.81. The summed E-state index contributed by atoms with van der Waals surface area (Å²) in [4.78, 5) is 10.9. The van der Waals surface area contributed by atoms with Crippen molar-refractivity contribution in [2.75, 3.05) is 0 Å². The minimum absolute atomic E-state index is 0. The van der Waals surface area contributed by atoms with Crippen molar-refractivity contribution in [1.82, 2.24) is 12.3 Å². The molecule has 0 saturated heterocycles. The first-order valence-corrected chi connectivity index (χ1v) is 3.36. The van der Waals surface area contributed by atoms with Crippen LogP contribution in [0.3, 0.4) is 0 Å². The zero-order valence-corrected chi connectivity index (χ0v) is 8.48. The molecule has 72 valence electrons. The number of carbonyl (C=O) groups is 1. The Labute approximate surface area is 74.7 Å². The maximum atomic E-state index is 10.9. The Morgan fingerprint density at radius 1 is 0.833 bits per heavy atom. The second kappa shape index (κ2) is 8.17. The van der Waals surface area contributed by atoms with Crippen LogP contribution < -0.4 is 12.3 Å². The lowest BCUT2D eigenvalue weighted by molar-refractivity contribution is -0.110. The molecule has 12 heavy (non-hydrogen) atoms. The van der Waals surface area contributed by atoms with E-state index in [-0.39, 0.29) is 18.1 Å². The van der Waals surface area contributed by atoms with E-state index in [2.05, 4.69) is 0 Å². The monoisotopic (exact) mass is 172 g/mol. The highest BCUT2D eigenvalue weighted by molar-refractivity contribution is 5.99. The molecule has 0 aromatic carbocycles. The number of ketones is 1. The molecule has 0 aliphatic heterocycles. The van der Waals surface area contributed by atoms with Crippen molar-refractivity contribution < 1.29 is 4.79 Å². The summed E-state index contributed by atoms with van der Waals surface area (Å²) in [6.07, 6.45) is 3.26. The minimum Gasteiger partial charge on any atom is -0.344 e. The average Bonchev–Trinajstić information content (AvgIpc) is 1.58. The summed E-state index contributed by atoms with van der Waals surface area (Å²) in [6, 6.07) is 0. The van der Waals surface area contributed by atoms with Crippen molar-refractivity contribution in [3.05, 3.63) is 23.3 Å². The van der Waals surface area contributed by atoms with Gasteiger partial charge in [-0.3, -0.25) is 4.79 Å². The van der Waals surface area contributed by atoms with Gasteiger partial charge in [0, 0.05) is 0 Å². The molecule has 0 aromatic rings. The molecule has 0 unspecified atom stereocenters. The van der Waals surface area contributed by atoms with Gasteiger partial charge in [-0.1, -0.05) is 11.1 Å². The largest absolute Gasteiger partial charge is 0.344 e. The van der Waals surface area contributed by atoms with Gasteiger partial charge in [-0.15, -0.1) is 0 Å². The highest BCUT2D eigenvalue weighted by Gasteiger charge is 1.89. The maximum absolute atomic E-state index is 10.9. The zero-order chi connectivity index (χ0) is 8.15. The van der Waals surface area contributed by atoms with E-state index in [0.717, 1.165) is 11.1 Å². The first-order valence-electron chi connectivity index (χ1n) is 3.36. The molecule has 6 N–H and O–H groups in total. The van der Waals surface area contributed by atoms with Gasteiger partial charge in [0.25, 0.3) is 0 Å². The van der Waals surface area contributed by atoms with Crippen LogP contribution in [-0.2, 0) is 4.79 Å². The number of hydrogen-bond acceptors (Lipinski definition) is 3. The fourth-order valence-corrected chi connectivity index (χ4v) is 0.611. The third-order valence-corrected chi connectivity index (χ3v) is 0.862. The molecular weight excluding hydrogens is 152 g/mol. The molecule has 0 fully saturated rings. The lowest BCUT2D eigenvalue weighted by Crippen LogP contribution is -1.87. The second-order valence-corrected chi connectivity index (χ2v) is 2.85. The summed E-state index contributed by atoms with van der Waals surface area (Å²) in [5.41, 5.74) is 2.09. The van der Waals surface area contributed by atoms with E-state index in [4.69, 9.17) is 0 Å². The van der Waals surface area contributed by atoms with Crippen LogP contribution in [0.15, 0.2) is 23.3 Å². The van der Waals surface area contributed by atoms with Crippen LogP contribution in [0.4, 0.5) is 0 Å². The van der Waals surface area contributed by atoms with Gasteiger partial charge in [-0.25, -0.2) is 0 Å². The lowest BCUT2D eigenvalue weighted by Gasteiger charge is -1.87. The molecule has 0 radical (unpaired) electrons. The van der Waals surface area contributed by atoms with Gasteiger partial charge in [-0.05, 0) is 39.8 Å². The van der Waals surface area contributed by atoms with Crippen LogP contribution in [0.1, 0.15) is 27.7 Å². The second-order valence-electron chi connectivity index (χ2n) is 2.85. The van der Waals surface area contributed by atoms with Gasteiger partial charge in [0.05, 0.1) is 0 Å². The van der Waals surface area contributed by atoms with Crippen molar-refractivity contribution in [3.63, 3.8) is 0 Å². The van der Waals surface area contributed by atoms with E-state index in [1.165, 1.54) is 0 Å². The fourth-order valence-electron chi connectivity index (χ4n) is 0.611. The predicted molar refractivity (Wildman–Crippen MR) is 53.9 cm³/mol. The summed E-state index contributed by atoms with van der Waals surface area (Å²) >= 11 is 0. The van der Waals surface area contributed by atoms with Gasteiger partial charge in [-0.2, -0.15) is 0 Å². The normalized spacial score (nSPS) is 7.00. The SMILES string of the molecule is CC(C)=CC(=O)C=C(C)C.N.N. The Kier molecular flexibility index (Phi) is 11.7. The fraction of sp³-hybridized carbons (Fsp3) is 0.444. The van der Waals surface area contributed by atoms with E-state index in [1.54, 1.807) is 12.2 Å². The molecular formula is C9H20N2O. The summed E-state index contributed by atoms with van der Waals surface area (Å²) in [5, 5.41) is 0. The summed E-state index contributed by atoms with van der Waals surface area (Å²) in [5.74, 6) is 0.0833. The molecule has 0 heterocycles. The Bertz CT molecular complexity index is 165. The van der Waals surface area contributed by atoms with Crippen molar-refractivity contribution >= 4 is 5.78 Å². The molecule has 3 nitrogen and oxygen atoms in total. The molecule has 0 bridgehead atoms. The van der Waals surface area contributed by atoms with Gasteiger partial charge in [0.1, 0.15) is 0 Å². The van der Waals surface area contributed by atoms with E-state index in [1.807, 2.05) is 27.7 Å². The summed E-state index contributed by atoms with van der Waals surface area (Å²) in [7, 11) is 0. The van der Waals surface area contributed by atoms with Crippen molar-refractivity contribution in [2.45, 2.75) is 27.7 Å². The van der Waals surface area contributed by atoms with E-state index in [9.17, 15) is 4.79 Å². The average molecular weight is 172 g/mol. The van der Waals surface area contributed by atoms with Crippen molar-refractivity contribution in [1.29, 1.82) is 0 Å². The standard InChI is InChI=1S/C9H14O.2H3N/c1-7(2)5-9(10)6-8(3)4;;/h5-6H,1-4H3;2*1H3. The van der Waals surface area contributed by atoms with Crippen molar-refractivity contribution in [2.24, 2.45) is 0 Å². The quantitative estimate of drug-likeness (QED) is 0.628. The van der Waals surface area contributed by atoms with Gasteiger partial charge < -0.3 is 12.3 Å². The summed E-state index contributed by atoms with van der Waals surface area (Å²) < 4.78 is 0.